The number of benzene rings is 2. The third-order valence-electron chi connectivity index (χ3n) is 5.83. The molecule has 2 heterocycles. The fraction of sp³-hybridized carbons (Fsp3) is 0.333. The molecule has 1 aromatic heterocycles. The Kier molecular flexibility index (Phi) is 5.48. The second-order valence-electron chi connectivity index (χ2n) is 7.95. The first-order chi connectivity index (χ1) is 14.4. The molecule has 1 aliphatic rings. The summed E-state index contributed by atoms with van der Waals surface area (Å²) in [4.78, 5) is 36.5. The number of piperidine rings is 1. The van der Waals surface area contributed by atoms with Gasteiger partial charge in [0.25, 0.3) is 11.8 Å². The number of fused-ring (bicyclic) bond motifs is 1. The zero-order valence-corrected chi connectivity index (χ0v) is 17.6. The number of hydrogen-bond donors (Lipinski definition) is 1. The predicted molar refractivity (Wildman–Crippen MR) is 117 cm³/mol. The van der Waals surface area contributed by atoms with Gasteiger partial charge in [0.05, 0.1) is 22.4 Å². The van der Waals surface area contributed by atoms with Crippen LogP contribution in [0.15, 0.2) is 42.5 Å². The maximum atomic E-state index is 12.8. The minimum absolute atomic E-state index is 0.0555. The molecule has 1 aliphatic heterocycles. The van der Waals surface area contributed by atoms with Gasteiger partial charge in [0.2, 0.25) is 0 Å². The van der Waals surface area contributed by atoms with Crippen LogP contribution in [-0.2, 0) is 0 Å². The van der Waals surface area contributed by atoms with Gasteiger partial charge in [-0.3, -0.25) is 9.59 Å². The van der Waals surface area contributed by atoms with Crippen molar-refractivity contribution in [1.82, 2.24) is 20.2 Å². The zero-order valence-electron chi connectivity index (χ0n) is 17.6. The maximum Gasteiger partial charge on any atom is 0.254 e. The Morgan fingerprint density at radius 2 is 1.60 bits per heavy atom. The van der Waals surface area contributed by atoms with E-state index in [9.17, 15) is 9.59 Å². The van der Waals surface area contributed by atoms with Crippen molar-refractivity contribution in [3.8, 4) is 0 Å². The molecule has 1 N–H and O–H groups in total. The van der Waals surface area contributed by atoms with E-state index in [1.54, 1.807) is 12.1 Å². The third-order valence-corrected chi connectivity index (χ3v) is 5.83. The largest absolute Gasteiger partial charge is 0.349 e. The zero-order chi connectivity index (χ0) is 21.3. The van der Waals surface area contributed by atoms with Crippen LogP contribution in [0, 0.1) is 20.8 Å². The van der Waals surface area contributed by atoms with Crippen molar-refractivity contribution in [1.29, 1.82) is 0 Å². The maximum absolute atomic E-state index is 12.8. The molecule has 0 spiro atoms. The monoisotopic (exact) mass is 402 g/mol. The van der Waals surface area contributed by atoms with E-state index in [0.717, 1.165) is 46.4 Å². The number of carbonyl (C=O) groups is 2. The first-order valence-corrected chi connectivity index (χ1v) is 10.3. The van der Waals surface area contributed by atoms with Crippen molar-refractivity contribution in [2.45, 2.75) is 39.7 Å². The van der Waals surface area contributed by atoms with Crippen LogP contribution in [0.1, 0.15) is 50.5 Å². The highest BCUT2D eigenvalue weighted by Gasteiger charge is 2.25. The highest BCUT2D eigenvalue weighted by atomic mass is 16.2. The number of aromatic nitrogens is 2. The molecule has 0 atom stereocenters. The predicted octanol–water partition coefficient (Wildman–Crippen LogP) is 3.59. The second-order valence-corrected chi connectivity index (χ2v) is 7.95. The smallest absolute Gasteiger partial charge is 0.254 e. The lowest BCUT2D eigenvalue weighted by molar-refractivity contribution is 0.0697. The normalized spacial score (nSPS) is 14.7. The van der Waals surface area contributed by atoms with Crippen molar-refractivity contribution in [3.63, 3.8) is 0 Å². The van der Waals surface area contributed by atoms with Gasteiger partial charge in [0.1, 0.15) is 0 Å². The van der Waals surface area contributed by atoms with Crippen LogP contribution in [0.4, 0.5) is 0 Å². The minimum atomic E-state index is -0.111. The van der Waals surface area contributed by atoms with Crippen LogP contribution >= 0.6 is 0 Å². The second kappa shape index (κ2) is 8.22. The Morgan fingerprint density at radius 1 is 0.933 bits per heavy atom. The van der Waals surface area contributed by atoms with Gasteiger partial charge in [0, 0.05) is 30.3 Å². The van der Waals surface area contributed by atoms with Gasteiger partial charge < -0.3 is 10.2 Å². The summed E-state index contributed by atoms with van der Waals surface area (Å²) in [7, 11) is 0. The van der Waals surface area contributed by atoms with Gasteiger partial charge in [-0.05, 0) is 63.4 Å². The van der Waals surface area contributed by atoms with Crippen LogP contribution < -0.4 is 5.32 Å². The molecule has 2 aromatic carbocycles. The first kappa shape index (κ1) is 20.0. The summed E-state index contributed by atoms with van der Waals surface area (Å²) in [5.74, 6) is -0.0442. The average molecular weight is 402 g/mol. The molecule has 0 bridgehead atoms. The third kappa shape index (κ3) is 4.03. The average Bonchev–Trinajstić information content (AvgIpc) is 2.74. The van der Waals surface area contributed by atoms with Gasteiger partial charge in [0.15, 0.2) is 0 Å². The van der Waals surface area contributed by atoms with E-state index in [2.05, 4.69) is 15.3 Å². The molecule has 30 heavy (non-hydrogen) atoms. The van der Waals surface area contributed by atoms with E-state index < -0.39 is 0 Å². The van der Waals surface area contributed by atoms with Gasteiger partial charge in [-0.15, -0.1) is 0 Å². The van der Waals surface area contributed by atoms with E-state index in [4.69, 9.17) is 0 Å². The SMILES string of the molecule is Cc1ccccc1C(=O)N1CCC(NC(=O)c2ccc3nc(C)c(C)nc3c2)CC1. The van der Waals surface area contributed by atoms with Gasteiger partial charge in [-0.25, -0.2) is 9.97 Å². The van der Waals surface area contributed by atoms with E-state index >= 15 is 0 Å². The van der Waals surface area contributed by atoms with Crippen molar-refractivity contribution in [2.24, 2.45) is 0 Å². The molecule has 0 unspecified atom stereocenters. The van der Waals surface area contributed by atoms with Gasteiger partial charge in [-0.2, -0.15) is 0 Å². The summed E-state index contributed by atoms with van der Waals surface area (Å²) in [5, 5.41) is 3.11. The molecule has 1 fully saturated rings. The number of rotatable bonds is 3. The van der Waals surface area contributed by atoms with E-state index in [1.807, 2.05) is 56.0 Å². The summed E-state index contributed by atoms with van der Waals surface area (Å²) in [6.07, 6.45) is 1.49. The van der Waals surface area contributed by atoms with Gasteiger partial charge in [-0.1, -0.05) is 18.2 Å². The number of hydrogen-bond acceptors (Lipinski definition) is 4. The molecule has 4 rings (SSSR count). The molecule has 6 heteroatoms. The first-order valence-electron chi connectivity index (χ1n) is 10.3. The lowest BCUT2D eigenvalue weighted by Crippen LogP contribution is -2.46. The summed E-state index contributed by atoms with van der Waals surface area (Å²) in [6.45, 7) is 7.08. The Hall–Kier alpha value is -3.28. The lowest BCUT2D eigenvalue weighted by atomic mass is 10.0. The molecule has 0 radical (unpaired) electrons. The van der Waals surface area contributed by atoms with Crippen LogP contribution in [0.3, 0.4) is 0 Å². The number of amides is 2. The van der Waals surface area contributed by atoms with Crippen LogP contribution in [0.2, 0.25) is 0 Å². The molecule has 0 saturated carbocycles. The quantitative estimate of drug-likeness (QED) is 0.726. The molecular formula is C24H26N4O2. The molecule has 154 valence electrons. The Balaban J connectivity index is 1.38. The number of carbonyl (C=O) groups excluding carboxylic acids is 2. The highest BCUT2D eigenvalue weighted by molar-refractivity contribution is 5.97. The molecular weight excluding hydrogens is 376 g/mol. The van der Waals surface area contributed by atoms with Crippen molar-refractivity contribution >= 4 is 22.8 Å². The fourth-order valence-electron chi connectivity index (χ4n) is 3.85. The van der Waals surface area contributed by atoms with E-state index in [1.165, 1.54) is 0 Å². The summed E-state index contributed by atoms with van der Waals surface area (Å²) in [5.41, 5.74) is 5.60. The molecule has 2 amide bonds. The highest BCUT2D eigenvalue weighted by Crippen LogP contribution is 2.18. The summed E-state index contributed by atoms with van der Waals surface area (Å²) < 4.78 is 0. The summed E-state index contributed by atoms with van der Waals surface area (Å²) >= 11 is 0. The molecule has 3 aromatic rings. The summed E-state index contributed by atoms with van der Waals surface area (Å²) in [6, 6.07) is 13.1. The van der Waals surface area contributed by atoms with Crippen molar-refractivity contribution in [3.05, 3.63) is 70.5 Å². The minimum Gasteiger partial charge on any atom is -0.349 e. The standard InChI is InChI=1S/C24H26N4O2/c1-15-6-4-5-7-20(15)24(30)28-12-10-19(11-13-28)27-23(29)18-8-9-21-22(14-18)26-17(3)16(2)25-21/h4-9,14,19H,10-13H2,1-3H3,(H,27,29). The lowest BCUT2D eigenvalue weighted by Gasteiger charge is -2.32. The van der Waals surface area contributed by atoms with Crippen LogP contribution in [0.25, 0.3) is 11.0 Å². The molecule has 6 nitrogen and oxygen atoms in total. The number of likely N-dealkylation sites (tertiary alicyclic amines) is 1. The van der Waals surface area contributed by atoms with Crippen molar-refractivity contribution in [2.75, 3.05) is 13.1 Å². The van der Waals surface area contributed by atoms with Gasteiger partial charge >= 0.3 is 0 Å². The fourth-order valence-corrected chi connectivity index (χ4v) is 3.85. The van der Waals surface area contributed by atoms with Crippen LogP contribution in [0.5, 0.6) is 0 Å². The van der Waals surface area contributed by atoms with Crippen LogP contribution in [-0.4, -0.2) is 45.8 Å². The number of nitrogens with one attached hydrogen (secondary N) is 1. The van der Waals surface area contributed by atoms with E-state index in [0.29, 0.717) is 18.7 Å². The Bertz CT molecular complexity index is 1120. The number of nitrogens with zero attached hydrogens (tertiary/aromatic N) is 3. The molecule has 0 aliphatic carbocycles. The molecule has 1 saturated heterocycles. The van der Waals surface area contributed by atoms with E-state index in [-0.39, 0.29) is 17.9 Å². The number of aryl methyl sites for hydroxylation is 3. The Morgan fingerprint density at radius 3 is 2.30 bits per heavy atom. The Labute approximate surface area is 176 Å². The topological polar surface area (TPSA) is 75.2 Å². The van der Waals surface area contributed by atoms with Crippen molar-refractivity contribution < 1.29 is 9.59 Å².